The van der Waals surface area contributed by atoms with Crippen LogP contribution in [-0.2, 0) is 21.0 Å². The predicted molar refractivity (Wildman–Crippen MR) is 268 cm³/mol. The van der Waals surface area contributed by atoms with Crippen LogP contribution < -0.4 is 51.4 Å². The van der Waals surface area contributed by atoms with Gasteiger partial charge in [-0.1, -0.05) is 50.2 Å². The number of urea groups is 1. The van der Waals surface area contributed by atoms with Crippen LogP contribution in [0.3, 0.4) is 0 Å². The molecule has 19 nitrogen and oxygen atoms in total. The molecule has 0 aromatic heterocycles. The van der Waals surface area contributed by atoms with E-state index in [9.17, 15) is 39.0 Å². The number of nitrogens with zero attached hydrogens (tertiary/aromatic N) is 3. The summed E-state index contributed by atoms with van der Waals surface area (Å²) < 4.78 is 18.1. The molecule has 3 aliphatic heterocycles. The Morgan fingerprint density at radius 2 is 1.63 bits per heavy atom. The third-order valence-corrected chi connectivity index (χ3v) is 13.7. The Balaban J connectivity index is 0.966. The molecule has 0 spiro atoms. The fraction of sp³-hybridized carbons (Fsp3) is 0.451. The van der Waals surface area contributed by atoms with E-state index in [1.807, 2.05) is 56.3 Å². The molecule has 7 rings (SSSR count). The number of nitrogens with two attached hydrogens (primary N) is 2. The first-order valence-electron chi connectivity index (χ1n) is 24.0. The molecule has 0 radical (unpaired) electrons. The molecule has 0 aliphatic carbocycles. The van der Waals surface area contributed by atoms with Crippen LogP contribution in [0.25, 0.3) is 10.8 Å². The van der Waals surface area contributed by atoms with Gasteiger partial charge >= 0.3 is 12.1 Å². The van der Waals surface area contributed by atoms with Crippen LogP contribution in [0, 0.1) is 5.92 Å². The van der Waals surface area contributed by atoms with Crippen molar-refractivity contribution < 1.29 is 53.2 Å². The first kappa shape index (κ1) is 52.0. The maximum absolute atomic E-state index is 14.0. The first-order chi connectivity index (χ1) is 34.1. The van der Waals surface area contributed by atoms with Crippen LogP contribution >= 0.6 is 11.6 Å². The molecule has 4 unspecified atom stereocenters. The lowest BCUT2D eigenvalue weighted by atomic mass is 9.95. The van der Waals surface area contributed by atoms with Gasteiger partial charge in [-0.05, 0) is 85.6 Å². The van der Waals surface area contributed by atoms with Crippen molar-refractivity contribution in [2.75, 3.05) is 54.3 Å². The Bertz CT molecular complexity index is 2620. The Morgan fingerprint density at radius 1 is 0.901 bits per heavy atom. The van der Waals surface area contributed by atoms with E-state index in [4.69, 9.17) is 37.3 Å². The quantitative estimate of drug-likeness (QED) is 0.0374. The average molecular weight is 1000 g/mol. The van der Waals surface area contributed by atoms with E-state index in [2.05, 4.69) is 16.0 Å². The number of alkyl halides is 1. The number of carbonyl (C=O) groups excluding carboxylic acids is 5. The van der Waals surface area contributed by atoms with Gasteiger partial charge in [-0.2, -0.15) is 0 Å². The van der Waals surface area contributed by atoms with Crippen molar-refractivity contribution in [1.29, 1.82) is 0 Å². The van der Waals surface area contributed by atoms with Gasteiger partial charge in [0.15, 0.2) is 17.7 Å². The average Bonchev–Trinajstić information content (AvgIpc) is 3.99. The van der Waals surface area contributed by atoms with Crippen molar-refractivity contribution in [1.82, 2.24) is 15.5 Å². The van der Waals surface area contributed by atoms with Crippen LogP contribution in [0.4, 0.5) is 26.7 Å². The Labute approximate surface area is 417 Å². The highest BCUT2D eigenvalue weighted by Crippen LogP contribution is 2.46. The number of aliphatic hydroxyl groups excluding tert-OH is 1. The molecule has 4 aromatic carbocycles. The fourth-order valence-corrected chi connectivity index (χ4v) is 9.68. The maximum Gasteiger partial charge on any atom is 0.414 e. The summed E-state index contributed by atoms with van der Waals surface area (Å²) >= 11 is 6.55. The van der Waals surface area contributed by atoms with E-state index in [-0.39, 0.29) is 79.0 Å². The number of nitrogens with one attached hydrogen (secondary N) is 3. The number of carboxylic acid groups (broad SMARTS) is 1. The van der Waals surface area contributed by atoms with Gasteiger partial charge in [0.25, 0.3) is 5.91 Å². The number of hydrogen-bond acceptors (Lipinski definition) is 11. The van der Waals surface area contributed by atoms with E-state index >= 15 is 0 Å². The van der Waals surface area contributed by atoms with Crippen LogP contribution in [-0.4, -0.2) is 114 Å². The molecule has 0 saturated carbocycles. The third kappa shape index (κ3) is 11.9. The van der Waals surface area contributed by atoms with Crippen LogP contribution in [0.1, 0.15) is 92.6 Å². The zero-order valence-corrected chi connectivity index (χ0v) is 40.9. The summed E-state index contributed by atoms with van der Waals surface area (Å²) in [5.74, 6) is -0.188. The maximum atomic E-state index is 14.0. The number of methoxy groups -OCH3 is 1. The molecule has 0 bridgehead atoms. The van der Waals surface area contributed by atoms with Crippen molar-refractivity contribution in [3.8, 4) is 17.2 Å². The van der Waals surface area contributed by atoms with Crippen LogP contribution in [0.2, 0.25) is 0 Å². The van der Waals surface area contributed by atoms with Crippen molar-refractivity contribution in [3.05, 3.63) is 83.4 Å². The summed E-state index contributed by atoms with van der Waals surface area (Å²) in [7, 11) is 1.43. The Morgan fingerprint density at radius 3 is 2.32 bits per heavy atom. The lowest BCUT2D eigenvalue weighted by Crippen LogP contribution is -2.51. The number of rotatable bonds is 21. The molecule has 5 atom stereocenters. The molecule has 1 fully saturated rings. The summed E-state index contributed by atoms with van der Waals surface area (Å²) in [6, 6.07) is 16.7. The second-order valence-corrected chi connectivity index (χ2v) is 18.7. The summed E-state index contributed by atoms with van der Waals surface area (Å²) in [6.07, 6.45) is 0.954. The molecule has 4 aromatic rings. The number of amides is 7. The molecule has 7 amide bonds. The molecule has 20 heteroatoms. The molecule has 380 valence electrons. The van der Waals surface area contributed by atoms with E-state index in [1.165, 1.54) is 24.1 Å². The second-order valence-electron chi connectivity index (χ2n) is 18.4. The highest BCUT2D eigenvalue weighted by atomic mass is 35.5. The smallest absolute Gasteiger partial charge is 0.414 e. The van der Waals surface area contributed by atoms with Gasteiger partial charge in [-0.15, -0.1) is 11.6 Å². The second kappa shape index (κ2) is 23.4. The molecule has 3 heterocycles. The number of anilines is 3. The molecule has 71 heavy (non-hydrogen) atoms. The minimum absolute atomic E-state index is 0.0262. The van der Waals surface area contributed by atoms with Gasteiger partial charge in [0.05, 0.1) is 42.7 Å². The highest BCUT2D eigenvalue weighted by Gasteiger charge is 2.45. The fourth-order valence-electron chi connectivity index (χ4n) is 9.43. The van der Waals surface area contributed by atoms with Crippen molar-refractivity contribution in [2.24, 2.45) is 17.4 Å². The normalized spacial score (nSPS) is 18.0. The van der Waals surface area contributed by atoms with Gasteiger partial charge in [0.2, 0.25) is 17.7 Å². The number of aliphatic hydroxyl groups is 1. The first-order valence-corrected chi connectivity index (χ1v) is 24.5. The summed E-state index contributed by atoms with van der Waals surface area (Å²) in [4.78, 5) is 81.3. The van der Waals surface area contributed by atoms with Crippen molar-refractivity contribution in [2.45, 2.75) is 102 Å². The number of benzene rings is 4. The SMILES string of the molecule is COc1cc2c(cc1OCCCCCC(=O)N1C[C@@H](CCl)c3c1cc(OCc1ccc(NC(=O)C(CCCNC(N)=O)NC(=O)C(N)C(C)C)cc1)c1ccccc31)N(C(=O)O)C(O)C1CCCN1C2=O. The zero-order valence-electron chi connectivity index (χ0n) is 40.2. The van der Waals surface area contributed by atoms with Gasteiger partial charge in [0, 0.05) is 61.1 Å². The molecular formula is C51H63ClN8O11. The largest absolute Gasteiger partial charge is 0.493 e. The molecule has 1 saturated heterocycles. The number of primary amides is 1. The van der Waals surface area contributed by atoms with Gasteiger partial charge in [0.1, 0.15) is 18.4 Å². The van der Waals surface area contributed by atoms with E-state index in [0.29, 0.717) is 68.9 Å². The van der Waals surface area contributed by atoms with Crippen LogP contribution in [0.15, 0.2) is 66.7 Å². The number of carbonyl (C=O) groups is 6. The summed E-state index contributed by atoms with van der Waals surface area (Å²) in [5.41, 5.74) is 14.4. The van der Waals surface area contributed by atoms with E-state index in [1.54, 1.807) is 17.0 Å². The molecular weight excluding hydrogens is 936 g/mol. The standard InChI is InChI=1S/C51H63ClN8O11/c1-29(2)45(53)47(63)57-36(13-9-20-55-50(54)66)46(62)56-32-18-16-30(17-19-32)28-71-40-25-39-44(34-12-7-6-11-33(34)40)31(26-52)27-59(39)43(61)15-5-4-8-22-70-42-24-38-35(23-41(42)69-3)48(64)58-21-10-14-37(58)49(65)60(38)51(67)68/h6-7,11-12,16-19,23-25,29,31,36-37,45,49,65H,4-5,8-10,13-15,20-22,26-28,53H2,1-3H3,(H,56,62)(H,57,63)(H,67,68)(H3,54,55,66)/t31-,36?,37?,45?,49?/m1/s1. The molecule has 3 aliphatic rings. The minimum atomic E-state index is -1.44. The number of unbranched alkanes of at least 4 members (excludes halogenated alkanes) is 2. The number of ether oxygens (including phenoxy) is 3. The zero-order chi connectivity index (χ0) is 50.9. The highest BCUT2D eigenvalue weighted by molar-refractivity contribution is 6.19. The van der Waals surface area contributed by atoms with Gasteiger partial charge in [-0.3, -0.25) is 19.2 Å². The van der Waals surface area contributed by atoms with Crippen LogP contribution in [0.5, 0.6) is 17.2 Å². The third-order valence-electron chi connectivity index (χ3n) is 13.3. The predicted octanol–water partition coefficient (Wildman–Crippen LogP) is 6.01. The van der Waals surface area contributed by atoms with E-state index < -0.39 is 48.3 Å². The summed E-state index contributed by atoms with van der Waals surface area (Å²) in [5, 5.41) is 31.1. The lowest BCUT2D eigenvalue weighted by Gasteiger charge is -2.30. The monoisotopic (exact) mass is 998 g/mol. The van der Waals surface area contributed by atoms with Crippen molar-refractivity contribution >= 4 is 75.2 Å². The lowest BCUT2D eigenvalue weighted by molar-refractivity contribution is -0.128. The van der Waals surface area contributed by atoms with Gasteiger partial charge < -0.3 is 61.6 Å². The Hall–Kier alpha value is -6.83. The van der Waals surface area contributed by atoms with Gasteiger partial charge in [-0.25, -0.2) is 14.5 Å². The minimum Gasteiger partial charge on any atom is -0.493 e. The number of hydrogen-bond donors (Lipinski definition) is 7. The number of halogens is 1. The number of fused-ring (bicyclic) bond motifs is 5. The summed E-state index contributed by atoms with van der Waals surface area (Å²) in [6.45, 7) is 5.09. The van der Waals surface area contributed by atoms with E-state index in [0.717, 1.165) is 32.5 Å². The van der Waals surface area contributed by atoms with Crippen molar-refractivity contribution in [3.63, 3.8) is 0 Å². The Kier molecular flexibility index (Phi) is 17.1. The topological polar surface area (TPSA) is 268 Å². The molecule has 9 N–H and O–H groups in total.